The Balaban J connectivity index is 3.61. The van der Waals surface area contributed by atoms with Gasteiger partial charge in [0.05, 0.1) is 0 Å². The van der Waals surface area contributed by atoms with Crippen LogP contribution in [0.25, 0.3) is 0 Å². The van der Waals surface area contributed by atoms with Crippen LogP contribution in [0.2, 0.25) is 0 Å². The molecule has 1 N–H and O–H groups in total. The third-order valence-corrected chi connectivity index (χ3v) is 3.03. The Morgan fingerprint density at radius 3 is 2.26 bits per heavy atom. The molecule has 0 radical (unpaired) electrons. The first-order valence-electron chi connectivity index (χ1n) is 7.37. The summed E-state index contributed by atoms with van der Waals surface area (Å²) in [7, 11) is 0. The van der Waals surface area contributed by atoms with E-state index in [1.165, 1.54) is 25.7 Å². The molecule has 0 heterocycles. The van der Waals surface area contributed by atoms with E-state index in [1.54, 1.807) is 0 Å². The van der Waals surface area contributed by atoms with Crippen LogP contribution in [0.4, 0.5) is 13.2 Å². The van der Waals surface area contributed by atoms with Crippen molar-refractivity contribution in [2.75, 3.05) is 19.8 Å². The van der Waals surface area contributed by atoms with Gasteiger partial charge in [0.1, 0.15) is 6.61 Å². The van der Waals surface area contributed by atoms with Gasteiger partial charge in [0.15, 0.2) is 0 Å². The Bertz CT molecular complexity index is 198. The lowest BCUT2D eigenvalue weighted by atomic mass is 10.0. The summed E-state index contributed by atoms with van der Waals surface area (Å²) >= 11 is 0. The highest BCUT2D eigenvalue weighted by atomic mass is 19.4. The van der Waals surface area contributed by atoms with Gasteiger partial charge in [-0.05, 0) is 19.4 Å². The molecule has 0 rings (SSSR count). The van der Waals surface area contributed by atoms with Gasteiger partial charge in [-0.2, -0.15) is 13.2 Å². The fourth-order valence-corrected chi connectivity index (χ4v) is 2.04. The minimum atomic E-state index is -4.21. The maximum atomic E-state index is 11.9. The van der Waals surface area contributed by atoms with Crippen LogP contribution < -0.4 is 5.32 Å². The number of ether oxygens (including phenoxy) is 1. The molecular formula is C14H28F3NO. The molecule has 0 aromatic rings. The lowest BCUT2D eigenvalue weighted by Crippen LogP contribution is -2.30. The van der Waals surface area contributed by atoms with Gasteiger partial charge >= 0.3 is 6.18 Å². The number of hydrogen-bond acceptors (Lipinski definition) is 2. The largest absolute Gasteiger partial charge is 0.411 e. The number of hydrogen-bond donors (Lipinski definition) is 1. The molecule has 0 spiro atoms. The van der Waals surface area contributed by atoms with Crippen molar-refractivity contribution >= 4 is 0 Å². The normalized spacial score (nSPS) is 13.7. The highest BCUT2D eigenvalue weighted by Gasteiger charge is 2.27. The Labute approximate surface area is 115 Å². The second-order valence-electron chi connectivity index (χ2n) is 4.91. The van der Waals surface area contributed by atoms with Crippen molar-refractivity contribution < 1.29 is 17.9 Å². The van der Waals surface area contributed by atoms with Gasteiger partial charge in [0.25, 0.3) is 0 Å². The number of rotatable bonds is 12. The minimum absolute atomic E-state index is 0.173. The molecule has 0 saturated carbocycles. The zero-order valence-electron chi connectivity index (χ0n) is 12.2. The van der Waals surface area contributed by atoms with Crippen molar-refractivity contribution in [2.24, 2.45) is 0 Å². The molecule has 1 atom stereocenters. The Kier molecular flexibility index (Phi) is 11.4. The molecule has 0 aliphatic carbocycles. The van der Waals surface area contributed by atoms with E-state index >= 15 is 0 Å². The molecule has 116 valence electrons. The summed E-state index contributed by atoms with van der Waals surface area (Å²) in [5.41, 5.74) is 0. The molecule has 0 bridgehead atoms. The van der Waals surface area contributed by atoms with Crippen molar-refractivity contribution in [3.8, 4) is 0 Å². The van der Waals surface area contributed by atoms with Gasteiger partial charge in [-0.25, -0.2) is 0 Å². The van der Waals surface area contributed by atoms with E-state index in [0.717, 1.165) is 19.4 Å². The first-order chi connectivity index (χ1) is 8.99. The smallest absolute Gasteiger partial charge is 0.372 e. The summed E-state index contributed by atoms with van der Waals surface area (Å²) in [6, 6.07) is 0.278. The van der Waals surface area contributed by atoms with Crippen LogP contribution in [-0.2, 0) is 4.74 Å². The minimum Gasteiger partial charge on any atom is -0.372 e. The van der Waals surface area contributed by atoms with Gasteiger partial charge in [-0.3, -0.25) is 0 Å². The Morgan fingerprint density at radius 2 is 1.68 bits per heavy atom. The SMILES string of the molecule is CCCCCCCC(CCOCC(F)(F)F)NCC. The topological polar surface area (TPSA) is 21.3 Å². The van der Waals surface area contributed by atoms with Gasteiger partial charge in [-0.15, -0.1) is 0 Å². The van der Waals surface area contributed by atoms with Crippen molar-refractivity contribution in [3.63, 3.8) is 0 Å². The van der Waals surface area contributed by atoms with Gasteiger partial charge < -0.3 is 10.1 Å². The van der Waals surface area contributed by atoms with E-state index < -0.39 is 12.8 Å². The predicted molar refractivity (Wildman–Crippen MR) is 72.3 cm³/mol. The molecule has 0 amide bonds. The Morgan fingerprint density at radius 1 is 1.00 bits per heavy atom. The third-order valence-electron chi connectivity index (χ3n) is 3.03. The average Bonchev–Trinajstić information content (AvgIpc) is 2.33. The molecule has 0 saturated heterocycles. The van der Waals surface area contributed by atoms with E-state index in [4.69, 9.17) is 0 Å². The van der Waals surface area contributed by atoms with Gasteiger partial charge in [0.2, 0.25) is 0 Å². The fraction of sp³-hybridized carbons (Fsp3) is 1.00. The number of halogens is 3. The van der Waals surface area contributed by atoms with Crippen LogP contribution in [0, 0.1) is 0 Å². The number of unbranched alkanes of at least 4 members (excludes halogenated alkanes) is 4. The molecule has 0 aliphatic rings. The Hall–Kier alpha value is -0.290. The van der Waals surface area contributed by atoms with Gasteiger partial charge in [0, 0.05) is 12.6 Å². The van der Waals surface area contributed by atoms with Crippen molar-refractivity contribution in [1.29, 1.82) is 0 Å². The second-order valence-corrected chi connectivity index (χ2v) is 4.91. The monoisotopic (exact) mass is 283 g/mol. The van der Waals surface area contributed by atoms with Crippen molar-refractivity contribution in [3.05, 3.63) is 0 Å². The summed E-state index contributed by atoms with van der Waals surface area (Å²) in [5, 5.41) is 3.31. The molecule has 19 heavy (non-hydrogen) atoms. The molecule has 0 aliphatic heterocycles. The highest BCUT2D eigenvalue weighted by molar-refractivity contribution is 4.66. The van der Waals surface area contributed by atoms with Crippen molar-refractivity contribution in [2.45, 2.75) is 71.0 Å². The molecule has 2 nitrogen and oxygen atoms in total. The van der Waals surface area contributed by atoms with E-state index in [2.05, 4.69) is 17.0 Å². The lowest BCUT2D eigenvalue weighted by molar-refractivity contribution is -0.174. The maximum absolute atomic E-state index is 11.9. The van der Waals surface area contributed by atoms with Crippen LogP contribution in [0.5, 0.6) is 0 Å². The number of alkyl halides is 3. The van der Waals surface area contributed by atoms with E-state index in [9.17, 15) is 13.2 Å². The zero-order chi connectivity index (χ0) is 14.6. The van der Waals surface area contributed by atoms with Crippen LogP contribution in [-0.4, -0.2) is 32.0 Å². The number of nitrogens with one attached hydrogen (secondary N) is 1. The molecule has 0 aromatic carbocycles. The third kappa shape index (κ3) is 13.9. The molecule has 0 fully saturated rings. The molecular weight excluding hydrogens is 255 g/mol. The fourth-order valence-electron chi connectivity index (χ4n) is 2.04. The van der Waals surface area contributed by atoms with Crippen LogP contribution >= 0.6 is 0 Å². The average molecular weight is 283 g/mol. The van der Waals surface area contributed by atoms with E-state index in [1.807, 2.05) is 6.92 Å². The summed E-state index contributed by atoms with van der Waals surface area (Å²) in [6.07, 6.45) is 3.54. The maximum Gasteiger partial charge on any atom is 0.411 e. The quantitative estimate of drug-likeness (QED) is 0.539. The summed E-state index contributed by atoms with van der Waals surface area (Å²) in [4.78, 5) is 0. The molecule has 1 unspecified atom stereocenters. The molecule has 5 heteroatoms. The predicted octanol–water partition coefficient (Wildman–Crippen LogP) is 4.29. The summed E-state index contributed by atoms with van der Waals surface area (Å²) in [5.74, 6) is 0. The zero-order valence-corrected chi connectivity index (χ0v) is 12.2. The van der Waals surface area contributed by atoms with Crippen LogP contribution in [0.3, 0.4) is 0 Å². The van der Waals surface area contributed by atoms with E-state index in [-0.39, 0.29) is 12.6 Å². The standard InChI is InChI=1S/C14H28F3NO/c1-3-5-6-7-8-9-13(18-4-2)10-11-19-12-14(15,16)17/h13,18H,3-12H2,1-2H3. The van der Waals surface area contributed by atoms with Crippen LogP contribution in [0.1, 0.15) is 58.8 Å². The molecule has 0 aromatic heterocycles. The van der Waals surface area contributed by atoms with Gasteiger partial charge in [-0.1, -0.05) is 46.0 Å². The van der Waals surface area contributed by atoms with E-state index in [0.29, 0.717) is 6.42 Å². The first kappa shape index (κ1) is 18.7. The second kappa shape index (κ2) is 11.5. The summed E-state index contributed by atoms with van der Waals surface area (Å²) in [6.45, 7) is 4.08. The van der Waals surface area contributed by atoms with Crippen LogP contribution in [0.15, 0.2) is 0 Å². The summed E-state index contributed by atoms with van der Waals surface area (Å²) < 4.78 is 40.4. The van der Waals surface area contributed by atoms with Crippen molar-refractivity contribution in [1.82, 2.24) is 5.32 Å². The highest BCUT2D eigenvalue weighted by Crippen LogP contribution is 2.15. The first-order valence-corrected chi connectivity index (χ1v) is 7.37. The lowest BCUT2D eigenvalue weighted by Gasteiger charge is -2.18.